The fraction of sp³-hybridized carbons (Fsp3) is 0.267. The predicted molar refractivity (Wildman–Crippen MR) is 74.8 cm³/mol. The van der Waals surface area contributed by atoms with Gasteiger partial charge in [0.1, 0.15) is 0 Å². The Morgan fingerprint density at radius 3 is 2.71 bits per heavy atom. The molecular weight excluding hydrogens is 270 g/mol. The third-order valence-corrected chi connectivity index (χ3v) is 3.87. The van der Waals surface area contributed by atoms with Crippen molar-refractivity contribution in [1.82, 2.24) is 14.7 Å². The van der Waals surface area contributed by atoms with Gasteiger partial charge in [-0.1, -0.05) is 18.2 Å². The van der Waals surface area contributed by atoms with Gasteiger partial charge in [0, 0.05) is 25.2 Å². The number of benzene rings is 1. The number of carboxylic acids is 1. The summed E-state index contributed by atoms with van der Waals surface area (Å²) in [6, 6.07) is 9.08. The van der Waals surface area contributed by atoms with Crippen LogP contribution in [0.4, 0.5) is 0 Å². The van der Waals surface area contributed by atoms with E-state index in [1.165, 1.54) is 4.90 Å². The van der Waals surface area contributed by atoms with Crippen molar-refractivity contribution in [3.8, 4) is 5.69 Å². The van der Waals surface area contributed by atoms with Crippen molar-refractivity contribution in [3.05, 3.63) is 48.3 Å². The number of rotatable bonds is 3. The Morgan fingerprint density at radius 1 is 1.33 bits per heavy atom. The third-order valence-electron chi connectivity index (χ3n) is 3.87. The van der Waals surface area contributed by atoms with E-state index in [-0.39, 0.29) is 12.3 Å². The molecular formula is C15H15N3O3. The summed E-state index contributed by atoms with van der Waals surface area (Å²) in [6.45, 7) is 0. The Morgan fingerprint density at radius 2 is 2.05 bits per heavy atom. The number of para-hydroxylation sites is 1. The molecule has 1 N–H and O–H groups in total. The number of aliphatic carboxylic acids is 1. The normalized spacial score (nSPS) is 21.8. The lowest BCUT2D eigenvalue weighted by molar-refractivity contribution is -0.142. The molecule has 1 fully saturated rings. The molecule has 21 heavy (non-hydrogen) atoms. The summed E-state index contributed by atoms with van der Waals surface area (Å²) >= 11 is 0. The van der Waals surface area contributed by atoms with Crippen LogP contribution in [0.5, 0.6) is 0 Å². The topological polar surface area (TPSA) is 75.4 Å². The van der Waals surface area contributed by atoms with Gasteiger partial charge in [0.05, 0.1) is 23.8 Å². The lowest BCUT2D eigenvalue weighted by Gasteiger charge is -2.21. The molecule has 6 nitrogen and oxygen atoms in total. The van der Waals surface area contributed by atoms with Crippen LogP contribution in [0.3, 0.4) is 0 Å². The quantitative estimate of drug-likeness (QED) is 0.926. The van der Waals surface area contributed by atoms with Crippen LogP contribution in [-0.4, -0.2) is 38.7 Å². The van der Waals surface area contributed by atoms with Gasteiger partial charge >= 0.3 is 5.97 Å². The van der Waals surface area contributed by atoms with Gasteiger partial charge in [-0.2, -0.15) is 5.10 Å². The van der Waals surface area contributed by atoms with E-state index in [4.69, 9.17) is 0 Å². The van der Waals surface area contributed by atoms with E-state index in [9.17, 15) is 14.7 Å². The van der Waals surface area contributed by atoms with Gasteiger partial charge in [-0.15, -0.1) is 0 Å². The first-order chi connectivity index (χ1) is 10.1. The largest absolute Gasteiger partial charge is 0.481 e. The van der Waals surface area contributed by atoms with Crippen molar-refractivity contribution in [2.45, 2.75) is 12.5 Å². The maximum absolute atomic E-state index is 11.8. The molecule has 1 aromatic carbocycles. The van der Waals surface area contributed by atoms with E-state index in [0.717, 1.165) is 11.3 Å². The van der Waals surface area contributed by atoms with Crippen molar-refractivity contribution in [2.24, 2.45) is 5.92 Å². The summed E-state index contributed by atoms with van der Waals surface area (Å²) in [4.78, 5) is 24.6. The molecule has 1 amide bonds. The summed E-state index contributed by atoms with van der Waals surface area (Å²) in [6.07, 6.45) is 3.45. The Labute approximate surface area is 121 Å². The number of hydrogen-bond acceptors (Lipinski definition) is 3. The SMILES string of the molecule is CN1C(=O)CC(C(=O)O)C1c1cnn(-c2ccccc2)c1. The molecule has 0 radical (unpaired) electrons. The molecule has 2 aromatic rings. The fourth-order valence-corrected chi connectivity index (χ4v) is 2.76. The summed E-state index contributed by atoms with van der Waals surface area (Å²) in [5.41, 5.74) is 1.63. The van der Waals surface area contributed by atoms with Crippen LogP contribution >= 0.6 is 0 Å². The molecule has 1 aromatic heterocycles. The highest BCUT2D eigenvalue weighted by Crippen LogP contribution is 2.37. The van der Waals surface area contributed by atoms with Crippen LogP contribution in [0.15, 0.2) is 42.7 Å². The summed E-state index contributed by atoms with van der Waals surface area (Å²) < 4.78 is 1.69. The maximum atomic E-state index is 11.8. The molecule has 0 spiro atoms. The van der Waals surface area contributed by atoms with E-state index < -0.39 is 17.9 Å². The van der Waals surface area contributed by atoms with Crippen molar-refractivity contribution in [2.75, 3.05) is 7.05 Å². The minimum atomic E-state index is -0.954. The molecule has 0 bridgehead atoms. The number of amides is 1. The number of aromatic nitrogens is 2. The van der Waals surface area contributed by atoms with Crippen molar-refractivity contribution >= 4 is 11.9 Å². The second-order valence-corrected chi connectivity index (χ2v) is 5.15. The second kappa shape index (κ2) is 5.05. The number of nitrogens with zero attached hydrogens (tertiary/aromatic N) is 3. The number of carboxylic acid groups (broad SMARTS) is 1. The van der Waals surface area contributed by atoms with Gasteiger partial charge in [0.15, 0.2) is 0 Å². The first-order valence-corrected chi connectivity index (χ1v) is 6.66. The summed E-state index contributed by atoms with van der Waals surface area (Å²) in [5, 5.41) is 13.6. The zero-order valence-corrected chi connectivity index (χ0v) is 11.5. The predicted octanol–water partition coefficient (Wildman–Crippen LogP) is 1.48. The van der Waals surface area contributed by atoms with Gasteiger partial charge in [0.25, 0.3) is 0 Å². The molecule has 1 aliphatic heterocycles. The van der Waals surface area contributed by atoms with Crippen molar-refractivity contribution in [3.63, 3.8) is 0 Å². The van der Waals surface area contributed by atoms with E-state index in [1.807, 2.05) is 30.3 Å². The molecule has 3 rings (SSSR count). The van der Waals surface area contributed by atoms with Crippen LogP contribution in [0.25, 0.3) is 5.69 Å². The van der Waals surface area contributed by atoms with Crippen molar-refractivity contribution < 1.29 is 14.7 Å². The lowest BCUT2D eigenvalue weighted by atomic mass is 9.96. The smallest absolute Gasteiger partial charge is 0.309 e. The molecule has 6 heteroatoms. The Hall–Kier alpha value is -2.63. The molecule has 1 aliphatic rings. The van der Waals surface area contributed by atoms with Crippen LogP contribution in [0.1, 0.15) is 18.0 Å². The first-order valence-electron chi connectivity index (χ1n) is 6.66. The highest BCUT2D eigenvalue weighted by Gasteiger charge is 2.43. The fourth-order valence-electron chi connectivity index (χ4n) is 2.76. The zero-order chi connectivity index (χ0) is 15.0. The molecule has 2 atom stereocenters. The molecule has 0 aliphatic carbocycles. The van der Waals surface area contributed by atoms with Gasteiger partial charge in [-0.3, -0.25) is 9.59 Å². The van der Waals surface area contributed by atoms with Gasteiger partial charge in [-0.05, 0) is 12.1 Å². The standard InChI is InChI=1S/C15H15N3O3/c1-17-13(19)7-12(15(20)21)14(17)10-8-16-18(9-10)11-5-3-2-4-6-11/h2-6,8-9,12,14H,7H2,1H3,(H,20,21). The minimum absolute atomic E-state index is 0.0347. The molecule has 2 heterocycles. The van der Waals surface area contributed by atoms with Crippen LogP contribution in [0, 0.1) is 5.92 Å². The van der Waals surface area contributed by atoms with Gasteiger partial charge < -0.3 is 10.0 Å². The van der Waals surface area contributed by atoms with E-state index in [0.29, 0.717) is 0 Å². The molecule has 2 unspecified atom stereocenters. The molecule has 1 saturated heterocycles. The Kier molecular flexibility index (Phi) is 3.21. The summed E-state index contributed by atoms with van der Waals surface area (Å²) in [7, 11) is 1.63. The highest BCUT2D eigenvalue weighted by atomic mass is 16.4. The van der Waals surface area contributed by atoms with Gasteiger partial charge in [-0.25, -0.2) is 4.68 Å². The van der Waals surface area contributed by atoms with Gasteiger partial charge in [0.2, 0.25) is 5.91 Å². The van der Waals surface area contributed by atoms with Crippen LogP contribution in [0.2, 0.25) is 0 Å². The monoisotopic (exact) mass is 285 g/mol. The number of carbonyl (C=O) groups is 2. The second-order valence-electron chi connectivity index (χ2n) is 5.15. The minimum Gasteiger partial charge on any atom is -0.481 e. The van der Waals surface area contributed by atoms with E-state index >= 15 is 0 Å². The summed E-state index contributed by atoms with van der Waals surface area (Å²) in [5.74, 6) is -1.83. The van der Waals surface area contributed by atoms with Crippen LogP contribution in [-0.2, 0) is 9.59 Å². The van der Waals surface area contributed by atoms with Crippen molar-refractivity contribution in [1.29, 1.82) is 0 Å². The number of likely N-dealkylation sites (tertiary alicyclic amines) is 1. The van der Waals surface area contributed by atoms with Crippen LogP contribution < -0.4 is 0 Å². The number of hydrogen-bond donors (Lipinski definition) is 1. The third kappa shape index (κ3) is 2.29. The Bertz CT molecular complexity index is 680. The first kappa shape index (κ1) is 13.4. The molecule has 108 valence electrons. The molecule has 0 saturated carbocycles. The lowest BCUT2D eigenvalue weighted by Crippen LogP contribution is -2.26. The van der Waals surface area contributed by atoms with E-state index in [1.54, 1.807) is 24.1 Å². The zero-order valence-electron chi connectivity index (χ0n) is 11.5. The maximum Gasteiger partial charge on any atom is 0.309 e. The van der Waals surface area contributed by atoms with E-state index in [2.05, 4.69) is 5.10 Å². The average Bonchev–Trinajstić information content (AvgIpc) is 3.06. The number of carbonyl (C=O) groups excluding carboxylic acids is 1. The highest BCUT2D eigenvalue weighted by molar-refractivity contribution is 5.87. The Balaban J connectivity index is 1.95. The average molecular weight is 285 g/mol.